The first-order valence-electron chi connectivity index (χ1n) is 7.85. The molecule has 0 saturated carbocycles. The standard InChI is InChI=1S/C17H28O4/c1-12-9-10-17(11-20-16(4,5)21-17)15(2,3)13(12)7-6-8-14(18)19/h6-11H2,1-5H3,(H,18,19). The zero-order valence-corrected chi connectivity index (χ0v) is 13.9. The lowest BCUT2D eigenvalue weighted by Crippen LogP contribution is -2.51. The average molecular weight is 296 g/mol. The van der Waals surface area contributed by atoms with Crippen molar-refractivity contribution < 1.29 is 19.4 Å². The molecule has 1 N–H and O–H groups in total. The zero-order valence-electron chi connectivity index (χ0n) is 13.9. The van der Waals surface area contributed by atoms with Crippen molar-refractivity contribution in [3.05, 3.63) is 11.1 Å². The molecule has 21 heavy (non-hydrogen) atoms. The summed E-state index contributed by atoms with van der Waals surface area (Å²) in [6.45, 7) is 11.2. The third kappa shape index (κ3) is 3.02. The molecule has 1 heterocycles. The van der Waals surface area contributed by atoms with E-state index in [2.05, 4.69) is 20.8 Å². The SMILES string of the molecule is CC1=C(CCCC(=O)O)C(C)(C)C2(CC1)COC(C)(C)O2. The second kappa shape index (κ2) is 5.40. The Morgan fingerprint density at radius 1 is 1.29 bits per heavy atom. The summed E-state index contributed by atoms with van der Waals surface area (Å²) in [6, 6.07) is 0. The molecule has 1 spiro atoms. The molecule has 4 nitrogen and oxygen atoms in total. The van der Waals surface area contributed by atoms with Crippen molar-refractivity contribution in [3.63, 3.8) is 0 Å². The van der Waals surface area contributed by atoms with E-state index in [4.69, 9.17) is 14.6 Å². The molecule has 0 aromatic carbocycles. The number of hydrogen-bond acceptors (Lipinski definition) is 3. The van der Waals surface area contributed by atoms with Gasteiger partial charge in [-0.15, -0.1) is 0 Å². The first-order valence-corrected chi connectivity index (χ1v) is 7.85. The summed E-state index contributed by atoms with van der Waals surface area (Å²) in [7, 11) is 0. The van der Waals surface area contributed by atoms with Crippen LogP contribution >= 0.6 is 0 Å². The van der Waals surface area contributed by atoms with Gasteiger partial charge in [0.05, 0.1) is 6.61 Å². The fourth-order valence-electron chi connectivity index (χ4n) is 3.85. The van der Waals surface area contributed by atoms with E-state index >= 15 is 0 Å². The van der Waals surface area contributed by atoms with E-state index < -0.39 is 11.8 Å². The third-order valence-electron chi connectivity index (χ3n) is 5.22. The average Bonchev–Trinajstić information content (AvgIpc) is 2.67. The molecule has 0 bridgehead atoms. The van der Waals surface area contributed by atoms with Crippen LogP contribution in [0.3, 0.4) is 0 Å². The van der Waals surface area contributed by atoms with Crippen LogP contribution in [0.15, 0.2) is 11.1 Å². The Bertz CT molecular complexity index is 461. The van der Waals surface area contributed by atoms with Crippen LogP contribution in [0.25, 0.3) is 0 Å². The molecule has 0 aromatic heterocycles. The van der Waals surface area contributed by atoms with Gasteiger partial charge in [0.15, 0.2) is 5.79 Å². The van der Waals surface area contributed by atoms with Crippen molar-refractivity contribution >= 4 is 5.97 Å². The highest BCUT2D eigenvalue weighted by molar-refractivity contribution is 5.66. The van der Waals surface area contributed by atoms with E-state index in [0.29, 0.717) is 13.0 Å². The highest BCUT2D eigenvalue weighted by Gasteiger charge is 2.57. The minimum absolute atomic E-state index is 0.123. The van der Waals surface area contributed by atoms with Crippen molar-refractivity contribution in [2.75, 3.05) is 6.61 Å². The lowest BCUT2D eigenvalue weighted by Gasteiger charge is -2.49. The fourth-order valence-corrected chi connectivity index (χ4v) is 3.85. The largest absolute Gasteiger partial charge is 0.481 e. The number of carboxylic acids is 1. The van der Waals surface area contributed by atoms with Gasteiger partial charge in [0.25, 0.3) is 0 Å². The Morgan fingerprint density at radius 3 is 2.48 bits per heavy atom. The molecule has 1 saturated heterocycles. The lowest BCUT2D eigenvalue weighted by molar-refractivity contribution is -0.185. The maximum absolute atomic E-state index is 10.8. The minimum Gasteiger partial charge on any atom is -0.481 e. The van der Waals surface area contributed by atoms with Gasteiger partial charge in [-0.1, -0.05) is 25.0 Å². The maximum atomic E-state index is 10.8. The molecular formula is C17H28O4. The summed E-state index contributed by atoms with van der Waals surface area (Å²) in [6.07, 6.45) is 3.72. The molecule has 1 atom stereocenters. The molecule has 2 aliphatic rings. The molecule has 2 rings (SSSR count). The molecule has 1 fully saturated rings. The highest BCUT2D eigenvalue weighted by Crippen LogP contribution is 2.55. The molecule has 1 aliphatic heterocycles. The lowest BCUT2D eigenvalue weighted by atomic mass is 9.61. The molecule has 4 heteroatoms. The van der Waals surface area contributed by atoms with Crippen LogP contribution in [0.2, 0.25) is 0 Å². The van der Waals surface area contributed by atoms with Gasteiger partial charge in [-0.3, -0.25) is 4.79 Å². The first kappa shape index (κ1) is 16.5. The summed E-state index contributed by atoms with van der Waals surface area (Å²) in [5, 5.41) is 8.85. The Labute approximate surface area is 127 Å². The summed E-state index contributed by atoms with van der Waals surface area (Å²) >= 11 is 0. The zero-order chi connectivity index (χ0) is 15.9. The van der Waals surface area contributed by atoms with Gasteiger partial charge in [0.2, 0.25) is 0 Å². The van der Waals surface area contributed by atoms with Gasteiger partial charge >= 0.3 is 5.97 Å². The van der Waals surface area contributed by atoms with Gasteiger partial charge in [-0.2, -0.15) is 0 Å². The summed E-state index contributed by atoms with van der Waals surface area (Å²) in [5.74, 6) is -1.26. The normalized spacial score (nSPS) is 30.9. The summed E-state index contributed by atoms with van der Waals surface area (Å²) < 4.78 is 12.2. The second-order valence-corrected chi connectivity index (χ2v) is 7.42. The van der Waals surface area contributed by atoms with Gasteiger partial charge < -0.3 is 14.6 Å². The highest BCUT2D eigenvalue weighted by atomic mass is 16.8. The van der Waals surface area contributed by atoms with Crippen LogP contribution in [0.1, 0.15) is 66.7 Å². The number of carboxylic acid groups (broad SMARTS) is 1. The topological polar surface area (TPSA) is 55.8 Å². The number of ether oxygens (including phenoxy) is 2. The Balaban J connectivity index is 2.21. The van der Waals surface area contributed by atoms with E-state index in [-0.39, 0.29) is 17.4 Å². The van der Waals surface area contributed by atoms with Crippen molar-refractivity contribution in [1.82, 2.24) is 0 Å². The van der Waals surface area contributed by atoms with Gasteiger partial charge in [-0.05, 0) is 46.5 Å². The van der Waals surface area contributed by atoms with Crippen molar-refractivity contribution in [3.8, 4) is 0 Å². The summed E-state index contributed by atoms with van der Waals surface area (Å²) in [4.78, 5) is 10.8. The summed E-state index contributed by atoms with van der Waals surface area (Å²) in [5.41, 5.74) is 2.34. The molecular weight excluding hydrogens is 268 g/mol. The van der Waals surface area contributed by atoms with Crippen molar-refractivity contribution in [2.24, 2.45) is 5.41 Å². The number of allylic oxidation sites excluding steroid dienone is 1. The minimum atomic E-state index is -0.724. The van der Waals surface area contributed by atoms with E-state index in [1.807, 2.05) is 13.8 Å². The quantitative estimate of drug-likeness (QED) is 0.799. The molecule has 0 radical (unpaired) electrons. The van der Waals surface area contributed by atoms with E-state index in [9.17, 15) is 4.79 Å². The van der Waals surface area contributed by atoms with Crippen molar-refractivity contribution in [1.29, 1.82) is 0 Å². The van der Waals surface area contributed by atoms with Crippen LogP contribution < -0.4 is 0 Å². The number of carbonyl (C=O) groups is 1. The number of hydrogen-bond donors (Lipinski definition) is 1. The van der Waals surface area contributed by atoms with Crippen LogP contribution in [0.4, 0.5) is 0 Å². The van der Waals surface area contributed by atoms with Gasteiger partial charge in [0, 0.05) is 11.8 Å². The van der Waals surface area contributed by atoms with Gasteiger partial charge in [0.1, 0.15) is 5.60 Å². The molecule has 1 unspecified atom stereocenters. The number of aliphatic carboxylic acids is 1. The number of rotatable bonds is 4. The van der Waals surface area contributed by atoms with E-state index in [0.717, 1.165) is 19.3 Å². The predicted octanol–water partition coefficient (Wildman–Crippen LogP) is 3.90. The van der Waals surface area contributed by atoms with Crippen LogP contribution in [0.5, 0.6) is 0 Å². The smallest absolute Gasteiger partial charge is 0.303 e. The molecule has 1 aliphatic carbocycles. The maximum Gasteiger partial charge on any atom is 0.303 e. The monoisotopic (exact) mass is 296 g/mol. The third-order valence-corrected chi connectivity index (χ3v) is 5.22. The molecule has 0 amide bonds. The second-order valence-electron chi connectivity index (χ2n) is 7.42. The first-order chi connectivity index (χ1) is 9.60. The van der Waals surface area contributed by atoms with E-state index in [1.54, 1.807) is 0 Å². The van der Waals surface area contributed by atoms with Crippen molar-refractivity contribution in [2.45, 2.75) is 78.1 Å². The fraction of sp³-hybridized carbons (Fsp3) is 0.824. The van der Waals surface area contributed by atoms with E-state index in [1.165, 1.54) is 11.1 Å². The van der Waals surface area contributed by atoms with Crippen LogP contribution in [0, 0.1) is 5.41 Å². The Kier molecular flexibility index (Phi) is 4.24. The van der Waals surface area contributed by atoms with Crippen LogP contribution in [-0.4, -0.2) is 29.1 Å². The Morgan fingerprint density at radius 2 is 1.95 bits per heavy atom. The molecule has 0 aromatic rings. The molecule has 120 valence electrons. The predicted molar refractivity (Wildman–Crippen MR) is 81.0 cm³/mol. The van der Waals surface area contributed by atoms with Gasteiger partial charge in [-0.25, -0.2) is 0 Å². The van der Waals surface area contributed by atoms with Crippen LogP contribution in [-0.2, 0) is 14.3 Å². The Hall–Kier alpha value is -0.870.